The van der Waals surface area contributed by atoms with E-state index in [0.29, 0.717) is 0 Å². The molecule has 1 atom stereocenters. The van der Waals surface area contributed by atoms with Gasteiger partial charge in [0.2, 0.25) is 0 Å². The van der Waals surface area contributed by atoms with E-state index in [1.54, 1.807) is 0 Å². The maximum Gasteiger partial charge on any atom is 0.0158 e. The third-order valence-corrected chi connectivity index (χ3v) is 5.04. The average molecular weight is 213 g/mol. The number of piperidine rings is 1. The fourth-order valence-electron chi connectivity index (χ4n) is 2.55. The minimum atomic E-state index is 0.829. The molecule has 0 aromatic rings. The quantitative estimate of drug-likeness (QED) is 0.772. The summed E-state index contributed by atoms with van der Waals surface area (Å²) in [6.07, 6.45) is 11.7. The van der Waals surface area contributed by atoms with Gasteiger partial charge in [-0.3, -0.25) is 0 Å². The molecule has 82 valence electrons. The largest absolute Gasteiger partial charge is 0.313 e. The molecule has 1 heterocycles. The minimum absolute atomic E-state index is 0.829. The number of thioether (sulfide) groups is 1. The van der Waals surface area contributed by atoms with Gasteiger partial charge in [-0.2, -0.15) is 11.8 Å². The summed E-state index contributed by atoms with van der Waals surface area (Å²) < 4.78 is 0. The highest BCUT2D eigenvalue weighted by Crippen LogP contribution is 2.29. The molecule has 1 saturated heterocycles. The second-order valence-electron chi connectivity index (χ2n) is 4.74. The molecule has 1 aliphatic heterocycles. The first kappa shape index (κ1) is 10.8. The molecule has 0 radical (unpaired) electrons. The van der Waals surface area contributed by atoms with E-state index in [1.165, 1.54) is 63.7 Å². The highest BCUT2D eigenvalue weighted by atomic mass is 32.2. The molecule has 0 aromatic carbocycles. The third kappa shape index (κ3) is 3.47. The van der Waals surface area contributed by atoms with Crippen molar-refractivity contribution in [3.8, 4) is 0 Å². The Morgan fingerprint density at radius 1 is 0.929 bits per heavy atom. The van der Waals surface area contributed by atoms with E-state index < -0.39 is 0 Å². The van der Waals surface area contributed by atoms with Crippen LogP contribution in [-0.4, -0.2) is 23.6 Å². The van der Waals surface area contributed by atoms with Gasteiger partial charge >= 0.3 is 0 Å². The Bertz CT molecular complexity index is 130. The van der Waals surface area contributed by atoms with Crippen molar-refractivity contribution in [2.75, 3.05) is 12.3 Å². The molecule has 2 heteroatoms. The van der Waals surface area contributed by atoms with Gasteiger partial charge in [0.15, 0.2) is 0 Å². The maximum atomic E-state index is 3.64. The van der Waals surface area contributed by atoms with Crippen molar-refractivity contribution in [2.24, 2.45) is 0 Å². The molecule has 0 bridgehead atoms. The molecule has 2 rings (SSSR count). The van der Waals surface area contributed by atoms with Crippen LogP contribution in [-0.2, 0) is 0 Å². The van der Waals surface area contributed by atoms with Gasteiger partial charge in [-0.25, -0.2) is 0 Å². The Balaban J connectivity index is 1.60. The predicted octanol–water partition coefficient (Wildman–Crippen LogP) is 3.19. The van der Waals surface area contributed by atoms with Gasteiger partial charge in [0.1, 0.15) is 0 Å². The lowest BCUT2D eigenvalue weighted by Gasteiger charge is -2.27. The second kappa shape index (κ2) is 6.02. The lowest BCUT2D eigenvalue weighted by molar-refractivity contribution is 0.428. The molecule has 2 fully saturated rings. The van der Waals surface area contributed by atoms with Crippen molar-refractivity contribution < 1.29 is 0 Å². The van der Waals surface area contributed by atoms with Gasteiger partial charge in [0.25, 0.3) is 0 Å². The average Bonchev–Trinajstić information content (AvgIpc) is 2.29. The van der Waals surface area contributed by atoms with E-state index in [0.717, 1.165) is 11.3 Å². The first-order valence-corrected chi connectivity index (χ1v) is 7.35. The Labute approximate surface area is 92.4 Å². The summed E-state index contributed by atoms with van der Waals surface area (Å²) in [5, 5.41) is 4.63. The zero-order valence-corrected chi connectivity index (χ0v) is 9.95. The SMILES string of the molecule is C1CCC(SC[C@H]2CCCCN2)CC1. The highest BCUT2D eigenvalue weighted by Gasteiger charge is 2.17. The summed E-state index contributed by atoms with van der Waals surface area (Å²) in [6, 6.07) is 0.829. The molecule has 1 N–H and O–H groups in total. The normalized spacial score (nSPS) is 30.4. The zero-order chi connectivity index (χ0) is 9.64. The van der Waals surface area contributed by atoms with Crippen LogP contribution >= 0.6 is 11.8 Å². The molecule has 0 amide bonds. The van der Waals surface area contributed by atoms with E-state index in [4.69, 9.17) is 0 Å². The highest BCUT2D eigenvalue weighted by molar-refractivity contribution is 7.99. The standard InChI is InChI=1S/C12H23NS/c1-2-7-12(8-3-1)14-10-11-6-4-5-9-13-11/h11-13H,1-10H2/t11-/m1/s1. The Morgan fingerprint density at radius 3 is 2.43 bits per heavy atom. The first-order chi connectivity index (χ1) is 6.95. The molecule has 0 unspecified atom stereocenters. The van der Waals surface area contributed by atoms with E-state index in [9.17, 15) is 0 Å². The molecule has 14 heavy (non-hydrogen) atoms. The fourth-order valence-corrected chi connectivity index (χ4v) is 4.01. The van der Waals surface area contributed by atoms with Crippen molar-refractivity contribution >= 4 is 11.8 Å². The molecule has 0 aromatic heterocycles. The molecule has 2 aliphatic rings. The van der Waals surface area contributed by atoms with Gasteiger partial charge in [-0.15, -0.1) is 0 Å². The van der Waals surface area contributed by atoms with Crippen LogP contribution in [0.25, 0.3) is 0 Å². The van der Waals surface area contributed by atoms with Gasteiger partial charge < -0.3 is 5.32 Å². The second-order valence-corrected chi connectivity index (χ2v) is 6.07. The van der Waals surface area contributed by atoms with Crippen molar-refractivity contribution in [1.29, 1.82) is 0 Å². The molecular formula is C12H23NS. The van der Waals surface area contributed by atoms with E-state index in [2.05, 4.69) is 17.1 Å². The monoisotopic (exact) mass is 213 g/mol. The summed E-state index contributed by atoms with van der Waals surface area (Å²) in [6.45, 7) is 1.26. The van der Waals surface area contributed by atoms with Crippen molar-refractivity contribution in [1.82, 2.24) is 5.32 Å². The van der Waals surface area contributed by atoms with Gasteiger partial charge in [-0.1, -0.05) is 25.7 Å². The van der Waals surface area contributed by atoms with Crippen molar-refractivity contribution in [2.45, 2.75) is 62.7 Å². The Hall–Kier alpha value is 0.310. The molecule has 1 aliphatic carbocycles. The van der Waals surface area contributed by atoms with Crippen LogP contribution in [0.4, 0.5) is 0 Å². The van der Waals surface area contributed by atoms with Crippen LogP contribution in [0.5, 0.6) is 0 Å². The number of nitrogens with one attached hydrogen (secondary N) is 1. The lowest BCUT2D eigenvalue weighted by atomic mass is 10.0. The smallest absolute Gasteiger partial charge is 0.0158 e. The molecule has 1 nitrogen and oxygen atoms in total. The summed E-state index contributed by atoms with van der Waals surface area (Å²) in [5.41, 5.74) is 0. The first-order valence-electron chi connectivity index (χ1n) is 6.30. The number of hydrogen-bond acceptors (Lipinski definition) is 2. The van der Waals surface area contributed by atoms with Gasteiger partial charge in [-0.05, 0) is 32.2 Å². The fraction of sp³-hybridized carbons (Fsp3) is 1.00. The van der Waals surface area contributed by atoms with E-state index in [-0.39, 0.29) is 0 Å². The van der Waals surface area contributed by atoms with Crippen LogP contribution < -0.4 is 5.32 Å². The zero-order valence-electron chi connectivity index (χ0n) is 9.13. The molecule has 0 spiro atoms. The van der Waals surface area contributed by atoms with E-state index in [1.807, 2.05) is 0 Å². The third-order valence-electron chi connectivity index (χ3n) is 3.50. The molecular weight excluding hydrogens is 190 g/mol. The van der Waals surface area contributed by atoms with Crippen molar-refractivity contribution in [3.63, 3.8) is 0 Å². The van der Waals surface area contributed by atoms with Crippen LogP contribution in [0.3, 0.4) is 0 Å². The number of hydrogen-bond donors (Lipinski definition) is 1. The van der Waals surface area contributed by atoms with Crippen molar-refractivity contribution in [3.05, 3.63) is 0 Å². The topological polar surface area (TPSA) is 12.0 Å². The lowest BCUT2D eigenvalue weighted by Crippen LogP contribution is -2.36. The maximum absolute atomic E-state index is 3.64. The minimum Gasteiger partial charge on any atom is -0.313 e. The predicted molar refractivity (Wildman–Crippen MR) is 65.0 cm³/mol. The van der Waals surface area contributed by atoms with Gasteiger partial charge in [0.05, 0.1) is 0 Å². The summed E-state index contributed by atoms with van der Waals surface area (Å²) >= 11 is 2.24. The van der Waals surface area contributed by atoms with Crippen LogP contribution in [0, 0.1) is 0 Å². The van der Waals surface area contributed by atoms with Gasteiger partial charge in [0, 0.05) is 17.0 Å². The van der Waals surface area contributed by atoms with Crippen LogP contribution in [0.15, 0.2) is 0 Å². The number of rotatable bonds is 3. The molecule has 1 saturated carbocycles. The summed E-state index contributed by atoms with van der Waals surface area (Å²) in [7, 11) is 0. The summed E-state index contributed by atoms with van der Waals surface area (Å²) in [4.78, 5) is 0. The summed E-state index contributed by atoms with van der Waals surface area (Å²) in [5.74, 6) is 1.37. The Morgan fingerprint density at radius 2 is 1.71 bits per heavy atom. The van der Waals surface area contributed by atoms with Crippen LogP contribution in [0.2, 0.25) is 0 Å². The Kier molecular flexibility index (Phi) is 4.65. The van der Waals surface area contributed by atoms with Crippen LogP contribution in [0.1, 0.15) is 51.4 Å². The van der Waals surface area contributed by atoms with E-state index >= 15 is 0 Å².